The first-order chi connectivity index (χ1) is 24.3. The van der Waals surface area contributed by atoms with Gasteiger partial charge in [0.25, 0.3) is 0 Å². The Hall–Kier alpha value is -6.23. The average molecular weight is 645 g/mol. The number of para-hydroxylation sites is 3. The molecular formula is C45H28N2OS. The lowest BCUT2D eigenvalue weighted by Crippen LogP contribution is -2.10. The number of thiophene rings is 1. The van der Waals surface area contributed by atoms with Crippen LogP contribution < -0.4 is 4.90 Å². The maximum absolute atomic E-state index is 6.54. The number of hydrogen-bond donors (Lipinski definition) is 0. The summed E-state index contributed by atoms with van der Waals surface area (Å²) >= 11 is 1.84. The average Bonchev–Trinajstić information content (AvgIpc) is 3.75. The van der Waals surface area contributed by atoms with Gasteiger partial charge >= 0.3 is 0 Å². The number of furan rings is 1. The summed E-state index contributed by atoms with van der Waals surface area (Å²) in [6, 6.07) is 58.1. The van der Waals surface area contributed by atoms with Gasteiger partial charge in [0.2, 0.25) is 0 Å². The first-order valence-electron chi connectivity index (χ1n) is 16.4. The second kappa shape index (κ2) is 11.2. The van der Waals surface area contributed by atoms with E-state index in [1.165, 1.54) is 47.8 Å². The fourth-order valence-corrected chi connectivity index (χ4v) is 8.30. The number of nitrogens with zero attached hydrogens (tertiary/aromatic N) is 2. The summed E-state index contributed by atoms with van der Waals surface area (Å²) in [4.78, 5) is 7.08. The molecule has 0 radical (unpaired) electrons. The number of hydrogen-bond acceptors (Lipinski definition) is 4. The molecule has 0 saturated heterocycles. The summed E-state index contributed by atoms with van der Waals surface area (Å²) in [5, 5.41) is 5.89. The summed E-state index contributed by atoms with van der Waals surface area (Å²) in [6.07, 6.45) is 2.03. The summed E-state index contributed by atoms with van der Waals surface area (Å²) in [7, 11) is 0. The van der Waals surface area contributed by atoms with Crippen LogP contribution in [0.1, 0.15) is 0 Å². The third kappa shape index (κ3) is 4.61. The highest BCUT2D eigenvalue weighted by molar-refractivity contribution is 7.26. The second-order valence-electron chi connectivity index (χ2n) is 12.4. The maximum Gasteiger partial charge on any atom is 0.159 e. The quantitative estimate of drug-likeness (QED) is 0.187. The van der Waals surface area contributed by atoms with Crippen LogP contribution in [0.3, 0.4) is 0 Å². The predicted molar refractivity (Wildman–Crippen MR) is 207 cm³/mol. The van der Waals surface area contributed by atoms with Crippen molar-refractivity contribution in [2.75, 3.05) is 4.90 Å². The van der Waals surface area contributed by atoms with E-state index >= 15 is 0 Å². The van der Waals surface area contributed by atoms with E-state index < -0.39 is 0 Å². The monoisotopic (exact) mass is 644 g/mol. The van der Waals surface area contributed by atoms with Crippen molar-refractivity contribution in [3.63, 3.8) is 0 Å². The Morgan fingerprint density at radius 1 is 0.469 bits per heavy atom. The highest BCUT2D eigenvalue weighted by Crippen LogP contribution is 2.44. The van der Waals surface area contributed by atoms with Crippen molar-refractivity contribution >= 4 is 81.4 Å². The van der Waals surface area contributed by atoms with Gasteiger partial charge in [-0.25, -0.2) is 0 Å². The largest absolute Gasteiger partial charge is 0.454 e. The van der Waals surface area contributed by atoms with Crippen molar-refractivity contribution in [3.8, 4) is 22.3 Å². The normalized spacial score (nSPS) is 11.7. The summed E-state index contributed by atoms with van der Waals surface area (Å²) in [6.45, 7) is 0. The third-order valence-electron chi connectivity index (χ3n) is 9.52. The molecule has 7 aromatic carbocycles. The molecule has 0 aliphatic carbocycles. The van der Waals surface area contributed by atoms with Gasteiger partial charge in [-0.3, -0.25) is 4.98 Å². The minimum Gasteiger partial charge on any atom is -0.454 e. The fraction of sp³-hybridized carbons (Fsp3) is 0. The zero-order chi connectivity index (χ0) is 32.3. The molecule has 0 unspecified atom stereocenters. The van der Waals surface area contributed by atoms with E-state index in [9.17, 15) is 0 Å². The summed E-state index contributed by atoms with van der Waals surface area (Å²) < 4.78 is 9.11. The van der Waals surface area contributed by atoms with Crippen LogP contribution in [-0.2, 0) is 0 Å². The molecule has 0 bridgehead atoms. The zero-order valence-electron chi connectivity index (χ0n) is 26.4. The van der Waals surface area contributed by atoms with Crippen LogP contribution in [0.15, 0.2) is 174 Å². The Balaban J connectivity index is 1.09. The van der Waals surface area contributed by atoms with Crippen molar-refractivity contribution in [2.24, 2.45) is 0 Å². The summed E-state index contributed by atoms with van der Waals surface area (Å²) in [5.41, 5.74) is 10.6. The molecule has 0 fully saturated rings. The Kier molecular flexibility index (Phi) is 6.36. The maximum atomic E-state index is 6.54. The van der Waals surface area contributed by atoms with E-state index in [4.69, 9.17) is 9.40 Å². The zero-order valence-corrected chi connectivity index (χ0v) is 27.2. The molecule has 0 N–H and O–H groups in total. The predicted octanol–water partition coefficient (Wildman–Crippen LogP) is 13.3. The molecule has 0 spiro atoms. The minimum atomic E-state index is 0.871. The standard InChI is InChI=1S/C45H28N2OS/c1-2-9-29(10-3-1)30-17-22-33(23-18-30)47(41-15-8-13-36-35-11-5-7-16-42(35)48-44(36)41)34-24-19-31(20-25-34)32-21-26-43-38(27-32)39-28-46-40-14-6-4-12-37(40)45(39)49-43/h1-28H. The highest BCUT2D eigenvalue weighted by Gasteiger charge is 2.20. The lowest BCUT2D eigenvalue weighted by molar-refractivity contribution is 0.669. The van der Waals surface area contributed by atoms with Crippen molar-refractivity contribution in [2.45, 2.75) is 0 Å². The first kappa shape index (κ1) is 27.8. The van der Waals surface area contributed by atoms with Gasteiger partial charge in [-0.2, -0.15) is 0 Å². The molecule has 10 aromatic rings. The molecule has 49 heavy (non-hydrogen) atoms. The molecule has 3 nitrogen and oxygen atoms in total. The van der Waals surface area contributed by atoms with Gasteiger partial charge in [-0.15, -0.1) is 11.3 Å². The number of benzene rings is 7. The van der Waals surface area contributed by atoms with Crippen LogP contribution >= 0.6 is 11.3 Å². The van der Waals surface area contributed by atoms with Gasteiger partial charge < -0.3 is 9.32 Å². The number of aromatic nitrogens is 1. The molecule has 10 rings (SSSR count). The Morgan fingerprint density at radius 3 is 1.90 bits per heavy atom. The smallest absolute Gasteiger partial charge is 0.159 e. The van der Waals surface area contributed by atoms with Gasteiger partial charge in [0.15, 0.2) is 5.58 Å². The lowest BCUT2D eigenvalue weighted by Gasteiger charge is -2.26. The molecular weight excluding hydrogens is 617 g/mol. The van der Waals surface area contributed by atoms with Crippen molar-refractivity contribution in [1.29, 1.82) is 0 Å². The molecule has 4 heteroatoms. The molecule has 230 valence electrons. The Bertz CT molecular complexity index is 2810. The molecule has 3 aromatic heterocycles. The fourth-order valence-electron chi connectivity index (χ4n) is 7.11. The summed E-state index contributed by atoms with van der Waals surface area (Å²) in [5.74, 6) is 0. The Labute approximate surface area is 286 Å². The number of rotatable bonds is 5. The van der Waals surface area contributed by atoms with E-state index in [0.717, 1.165) is 44.5 Å². The lowest BCUT2D eigenvalue weighted by atomic mass is 10.0. The van der Waals surface area contributed by atoms with Crippen molar-refractivity contribution in [1.82, 2.24) is 4.98 Å². The minimum absolute atomic E-state index is 0.871. The van der Waals surface area contributed by atoms with Gasteiger partial charge in [0, 0.05) is 53.9 Å². The Morgan fingerprint density at radius 2 is 1.10 bits per heavy atom. The SMILES string of the molecule is c1ccc(-c2ccc(N(c3ccc(-c4ccc5sc6c7ccccc7ncc6c5c4)cc3)c3cccc4c3oc3ccccc34)cc2)cc1. The van der Waals surface area contributed by atoms with E-state index in [1.54, 1.807) is 0 Å². The van der Waals surface area contributed by atoms with Crippen molar-refractivity contribution in [3.05, 3.63) is 170 Å². The van der Waals surface area contributed by atoms with Crippen LogP contribution in [0, 0.1) is 0 Å². The van der Waals surface area contributed by atoms with E-state index in [2.05, 4.69) is 150 Å². The molecule has 0 amide bonds. The van der Waals surface area contributed by atoms with Gasteiger partial charge in [0.05, 0.1) is 11.2 Å². The number of fused-ring (bicyclic) bond motifs is 8. The van der Waals surface area contributed by atoms with Crippen molar-refractivity contribution < 1.29 is 4.42 Å². The highest BCUT2D eigenvalue weighted by atomic mass is 32.1. The molecule has 0 aliphatic rings. The van der Waals surface area contributed by atoms with Gasteiger partial charge in [-0.05, 0) is 76.9 Å². The van der Waals surface area contributed by atoms with E-state index in [-0.39, 0.29) is 0 Å². The first-order valence-corrected chi connectivity index (χ1v) is 17.3. The molecule has 0 atom stereocenters. The molecule has 0 saturated carbocycles. The van der Waals surface area contributed by atoms with E-state index in [1.807, 2.05) is 35.7 Å². The third-order valence-corrected chi connectivity index (χ3v) is 10.7. The topological polar surface area (TPSA) is 29.3 Å². The van der Waals surface area contributed by atoms with Crippen LogP contribution in [-0.4, -0.2) is 4.98 Å². The molecule has 0 aliphatic heterocycles. The number of pyridine rings is 1. The van der Waals surface area contributed by atoms with Gasteiger partial charge in [0.1, 0.15) is 5.58 Å². The second-order valence-corrected chi connectivity index (χ2v) is 13.4. The van der Waals surface area contributed by atoms with Gasteiger partial charge in [-0.1, -0.05) is 109 Å². The van der Waals surface area contributed by atoms with Crippen LogP contribution in [0.5, 0.6) is 0 Å². The van der Waals surface area contributed by atoms with Crippen LogP contribution in [0.2, 0.25) is 0 Å². The van der Waals surface area contributed by atoms with Crippen LogP contribution in [0.25, 0.3) is 75.3 Å². The van der Waals surface area contributed by atoms with E-state index in [0.29, 0.717) is 0 Å². The number of anilines is 3. The molecule has 3 heterocycles. The van der Waals surface area contributed by atoms with Crippen LogP contribution in [0.4, 0.5) is 17.1 Å².